The van der Waals surface area contributed by atoms with Gasteiger partial charge < -0.3 is 10.2 Å². The maximum atomic E-state index is 13.7. The van der Waals surface area contributed by atoms with Gasteiger partial charge >= 0.3 is 0 Å². The lowest BCUT2D eigenvalue weighted by molar-refractivity contribution is -0.141. The van der Waals surface area contributed by atoms with Crippen molar-refractivity contribution in [2.24, 2.45) is 0 Å². The molecule has 0 heterocycles. The Labute approximate surface area is 211 Å². The number of carbonyl (C=O) groups excluding carboxylic acids is 2. The Morgan fingerprint density at radius 2 is 1.50 bits per heavy atom. The van der Waals surface area contributed by atoms with Gasteiger partial charge in [-0.05, 0) is 49.1 Å². The van der Waals surface area contributed by atoms with Crippen LogP contribution in [0.15, 0.2) is 83.3 Å². The van der Waals surface area contributed by atoms with E-state index in [1.54, 1.807) is 4.90 Å². The van der Waals surface area contributed by atoms with E-state index >= 15 is 0 Å². The summed E-state index contributed by atoms with van der Waals surface area (Å²) in [7, 11) is 0. The first-order valence-electron chi connectivity index (χ1n) is 11.8. The molecule has 0 aliphatic carbocycles. The molecule has 1 N–H and O–H groups in total. The first-order valence-corrected chi connectivity index (χ1v) is 12.6. The van der Waals surface area contributed by atoms with Gasteiger partial charge in [0.25, 0.3) is 0 Å². The highest BCUT2D eigenvalue weighted by atomic mass is 79.9. The van der Waals surface area contributed by atoms with Crippen molar-refractivity contribution in [2.45, 2.75) is 58.7 Å². The zero-order chi connectivity index (χ0) is 24.5. The minimum Gasteiger partial charge on any atom is -0.352 e. The number of hydrogen-bond acceptors (Lipinski definition) is 2. The molecule has 0 saturated carbocycles. The number of amides is 2. The fraction of sp³-hybridized carbons (Fsp3) is 0.310. The molecule has 0 fully saturated rings. The van der Waals surface area contributed by atoms with E-state index in [1.807, 2.05) is 99.6 Å². The van der Waals surface area contributed by atoms with E-state index in [0.29, 0.717) is 13.0 Å². The highest BCUT2D eigenvalue weighted by Crippen LogP contribution is 2.19. The Morgan fingerprint density at radius 1 is 0.882 bits per heavy atom. The molecule has 0 aromatic heterocycles. The zero-order valence-corrected chi connectivity index (χ0v) is 21.7. The summed E-state index contributed by atoms with van der Waals surface area (Å²) in [5, 5.41) is 3.11. The van der Waals surface area contributed by atoms with Crippen molar-refractivity contribution in [2.75, 3.05) is 0 Å². The largest absolute Gasteiger partial charge is 0.352 e. The van der Waals surface area contributed by atoms with Crippen LogP contribution >= 0.6 is 15.9 Å². The average Bonchev–Trinajstić information content (AvgIpc) is 2.84. The summed E-state index contributed by atoms with van der Waals surface area (Å²) >= 11 is 3.48. The van der Waals surface area contributed by atoms with Crippen molar-refractivity contribution >= 4 is 27.7 Å². The predicted octanol–water partition coefficient (Wildman–Crippen LogP) is 5.85. The van der Waals surface area contributed by atoms with Crippen LogP contribution in [0.3, 0.4) is 0 Å². The van der Waals surface area contributed by atoms with Gasteiger partial charge in [0.05, 0.1) is 6.42 Å². The Hall–Kier alpha value is -2.92. The van der Waals surface area contributed by atoms with Gasteiger partial charge in [-0.15, -0.1) is 0 Å². The maximum Gasteiger partial charge on any atom is 0.243 e. The molecule has 2 amide bonds. The quantitative estimate of drug-likeness (QED) is 0.364. The van der Waals surface area contributed by atoms with Crippen molar-refractivity contribution in [1.29, 1.82) is 0 Å². The Bertz CT molecular complexity index is 1070. The summed E-state index contributed by atoms with van der Waals surface area (Å²) in [6, 6.07) is 25.2. The summed E-state index contributed by atoms with van der Waals surface area (Å²) in [5.41, 5.74) is 4.10. The summed E-state index contributed by atoms with van der Waals surface area (Å²) in [6.07, 6.45) is 1.53. The van der Waals surface area contributed by atoms with Crippen molar-refractivity contribution in [3.63, 3.8) is 0 Å². The van der Waals surface area contributed by atoms with E-state index in [9.17, 15) is 9.59 Å². The third kappa shape index (κ3) is 7.56. The van der Waals surface area contributed by atoms with Crippen molar-refractivity contribution in [3.8, 4) is 0 Å². The van der Waals surface area contributed by atoms with Crippen molar-refractivity contribution < 1.29 is 9.59 Å². The molecular weight excluding hydrogens is 488 g/mol. The molecule has 4 nitrogen and oxygen atoms in total. The van der Waals surface area contributed by atoms with Gasteiger partial charge in [-0.3, -0.25) is 9.59 Å². The molecule has 0 aliphatic rings. The van der Waals surface area contributed by atoms with Crippen LogP contribution in [0.25, 0.3) is 0 Å². The van der Waals surface area contributed by atoms with E-state index in [1.165, 1.54) is 0 Å². The number of nitrogens with zero attached hydrogens (tertiary/aromatic N) is 1. The van der Waals surface area contributed by atoms with Crippen LogP contribution in [0, 0.1) is 6.92 Å². The second-order valence-electron chi connectivity index (χ2n) is 8.83. The molecule has 2 atom stereocenters. The Balaban J connectivity index is 1.95. The lowest BCUT2D eigenvalue weighted by atomic mass is 10.0. The summed E-state index contributed by atoms with van der Waals surface area (Å²) in [4.78, 5) is 28.9. The molecule has 0 saturated heterocycles. The minimum atomic E-state index is -0.613. The van der Waals surface area contributed by atoms with Gasteiger partial charge in [0.15, 0.2) is 0 Å². The lowest BCUT2D eigenvalue weighted by Crippen LogP contribution is -2.52. The minimum absolute atomic E-state index is 0.0347. The van der Waals surface area contributed by atoms with Gasteiger partial charge in [-0.1, -0.05) is 95.1 Å². The SMILES string of the molecule is CC[C@H](C)NC(=O)[C@H](Cc1ccccc1)N(Cc1ccc(Br)cc1)C(=O)Cc1ccc(C)cc1. The fourth-order valence-corrected chi connectivity index (χ4v) is 4.03. The van der Waals surface area contributed by atoms with Crippen LogP contribution in [0.4, 0.5) is 0 Å². The average molecular weight is 521 g/mol. The monoisotopic (exact) mass is 520 g/mol. The normalized spacial score (nSPS) is 12.6. The molecule has 0 spiro atoms. The molecule has 0 bridgehead atoms. The van der Waals surface area contributed by atoms with E-state index < -0.39 is 6.04 Å². The molecular formula is C29H33BrN2O2. The maximum absolute atomic E-state index is 13.7. The highest BCUT2D eigenvalue weighted by molar-refractivity contribution is 9.10. The first kappa shape index (κ1) is 25.7. The van der Waals surface area contributed by atoms with E-state index in [4.69, 9.17) is 0 Å². The predicted molar refractivity (Wildman–Crippen MR) is 141 cm³/mol. The van der Waals surface area contributed by atoms with Gasteiger partial charge in [0.1, 0.15) is 6.04 Å². The van der Waals surface area contributed by atoms with Gasteiger partial charge in [0.2, 0.25) is 11.8 Å². The van der Waals surface area contributed by atoms with E-state index in [-0.39, 0.29) is 24.3 Å². The Morgan fingerprint density at radius 3 is 2.12 bits per heavy atom. The summed E-state index contributed by atoms with van der Waals surface area (Å²) in [5.74, 6) is -0.181. The highest BCUT2D eigenvalue weighted by Gasteiger charge is 2.31. The van der Waals surface area contributed by atoms with Crippen LogP contribution in [0.5, 0.6) is 0 Å². The third-order valence-electron chi connectivity index (χ3n) is 6.01. The number of carbonyl (C=O) groups is 2. The van der Waals surface area contributed by atoms with Crippen LogP contribution in [-0.4, -0.2) is 28.8 Å². The molecule has 0 radical (unpaired) electrons. The zero-order valence-electron chi connectivity index (χ0n) is 20.1. The Kier molecular flexibility index (Phi) is 9.46. The topological polar surface area (TPSA) is 49.4 Å². The third-order valence-corrected chi connectivity index (χ3v) is 6.54. The molecule has 3 aromatic rings. The van der Waals surface area contributed by atoms with Crippen LogP contribution in [0.2, 0.25) is 0 Å². The first-order chi connectivity index (χ1) is 16.4. The van der Waals surface area contributed by atoms with Gasteiger partial charge in [-0.25, -0.2) is 0 Å². The molecule has 3 rings (SSSR count). The van der Waals surface area contributed by atoms with E-state index in [2.05, 4.69) is 21.2 Å². The molecule has 0 aliphatic heterocycles. The molecule has 178 valence electrons. The number of halogens is 1. The lowest BCUT2D eigenvalue weighted by Gasteiger charge is -2.32. The second-order valence-corrected chi connectivity index (χ2v) is 9.75. The van der Waals surface area contributed by atoms with Crippen molar-refractivity contribution in [3.05, 3.63) is 106 Å². The molecule has 34 heavy (non-hydrogen) atoms. The van der Waals surface area contributed by atoms with Crippen molar-refractivity contribution in [1.82, 2.24) is 10.2 Å². The number of hydrogen-bond donors (Lipinski definition) is 1. The number of nitrogens with one attached hydrogen (secondary N) is 1. The van der Waals surface area contributed by atoms with Gasteiger partial charge in [-0.2, -0.15) is 0 Å². The summed E-state index contributed by atoms with van der Waals surface area (Å²) < 4.78 is 0.976. The van der Waals surface area contributed by atoms with Crippen LogP contribution < -0.4 is 5.32 Å². The molecule has 3 aromatic carbocycles. The molecule has 0 unspecified atom stereocenters. The summed E-state index contributed by atoms with van der Waals surface area (Å²) in [6.45, 7) is 6.42. The van der Waals surface area contributed by atoms with Crippen LogP contribution in [-0.2, 0) is 29.0 Å². The number of rotatable bonds is 10. The van der Waals surface area contributed by atoms with Crippen LogP contribution in [0.1, 0.15) is 42.5 Å². The standard InChI is InChI=1S/C29H33BrN2O2/c1-4-22(3)31-29(34)27(18-23-8-6-5-7-9-23)32(20-25-14-16-26(30)17-15-25)28(33)19-24-12-10-21(2)11-13-24/h5-17,22,27H,4,18-20H2,1-3H3,(H,31,34)/t22-,27-/m0/s1. The molecule has 5 heteroatoms. The number of aryl methyl sites for hydroxylation is 1. The smallest absolute Gasteiger partial charge is 0.243 e. The van der Waals surface area contributed by atoms with Gasteiger partial charge in [0, 0.05) is 23.5 Å². The number of benzene rings is 3. The fourth-order valence-electron chi connectivity index (χ4n) is 3.76. The van der Waals surface area contributed by atoms with E-state index in [0.717, 1.165) is 33.1 Å². The second kappa shape index (κ2) is 12.5.